The van der Waals surface area contributed by atoms with Crippen LogP contribution in [0.1, 0.15) is 33.6 Å². The molecule has 0 N–H and O–H groups in total. The largest absolute Gasteiger partial charge is 0.444 e. The number of amides is 1. The van der Waals surface area contributed by atoms with E-state index in [0.29, 0.717) is 31.2 Å². The van der Waals surface area contributed by atoms with Crippen LogP contribution in [0.15, 0.2) is 0 Å². The third kappa shape index (κ3) is 2.36. The van der Waals surface area contributed by atoms with Crippen molar-refractivity contribution in [3.05, 3.63) is 0 Å². The second-order valence-electron chi connectivity index (χ2n) is 5.85. The van der Waals surface area contributed by atoms with E-state index >= 15 is 0 Å². The topological polar surface area (TPSA) is 46.6 Å². The summed E-state index contributed by atoms with van der Waals surface area (Å²) in [6.07, 6.45) is 1.32. The summed E-state index contributed by atoms with van der Waals surface area (Å²) < 4.78 is 5.31. The highest BCUT2D eigenvalue weighted by atomic mass is 16.6. The highest BCUT2D eigenvalue weighted by molar-refractivity contribution is 5.85. The van der Waals surface area contributed by atoms with Gasteiger partial charge in [0, 0.05) is 25.4 Å². The van der Waals surface area contributed by atoms with Gasteiger partial charge in [0.1, 0.15) is 11.4 Å². The van der Waals surface area contributed by atoms with Crippen molar-refractivity contribution in [1.29, 1.82) is 0 Å². The summed E-state index contributed by atoms with van der Waals surface area (Å²) >= 11 is 0. The molecule has 2 bridgehead atoms. The lowest BCUT2D eigenvalue weighted by molar-refractivity contribution is -0.120. The fourth-order valence-electron chi connectivity index (χ4n) is 2.51. The molecule has 1 aliphatic heterocycles. The number of piperidine rings is 1. The van der Waals surface area contributed by atoms with E-state index in [-0.39, 0.29) is 12.0 Å². The Kier molecular flexibility index (Phi) is 2.68. The van der Waals surface area contributed by atoms with Crippen LogP contribution in [0.25, 0.3) is 0 Å². The van der Waals surface area contributed by atoms with Crippen molar-refractivity contribution in [1.82, 2.24) is 4.90 Å². The lowest BCUT2D eigenvalue weighted by Gasteiger charge is -2.32. The predicted molar refractivity (Wildman–Crippen MR) is 59.0 cm³/mol. The Morgan fingerprint density at radius 3 is 2.62 bits per heavy atom. The van der Waals surface area contributed by atoms with Crippen molar-refractivity contribution in [2.45, 2.75) is 39.2 Å². The third-order valence-electron chi connectivity index (χ3n) is 3.13. The molecular weight excluding hydrogens is 206 g/mol. The maximum absolute atomic E-state index is 11.8. The predicted octanol–water partition coefficient (Wildman–Crippen LogP) is 1.83. The van der Waals surface area contributed by atoms with Gasteiger partial charge in [0.2, 0.25) is 0 Å². The maximum atomic E-state index is 11.8. The summed E-state index contributed by atoms with van der Waals surface area (Å²) in [7, 11) is 0. The quantitative estimate of drug-likeness (QED) is 0.632. The van der Waals surface area contributed by atoms with Gasteiger partial charge in [-0.25, -0.2) is 4.79 Å². The molecule has 4 heteroatoms. The summed E-state index contributed by atoms with van der Waals surface area (Å²) in [5.74, 6) is 0.737. The van der Waals surface area contributed by atoms with Crippen molar-refractivity contribution in [3.63, 3.8) is 0 Å². The molecular formula is C12H19NO3. The minimum Gasteiger partial charge on any atom is -0.444 e. The maximum Gasteiger partial charge on any atom is 0.410 e. The van der Waals surface area contributed by atoms with Crippen molar-refractivity contribution in [3.8, 4) is 0 Å². The van der Waals surface area contributed by atoms with Crippen LogP contribution in [-0.4, -0.2) is 35.5 Å². The molecule has 0 aromatic rings. The zero-order valence-corrected chi connectivity index (χ0v) is 10.2. The van der Waals surface area contributed by atoms with Crippen LogP contribution in [0, 0.1) is 11.8 Å². The van der Waals surface area contributed by atoms with Gasteiger partial charge in [0.25, 0.3) is 0 Å². The number of ketones is 1. The number of rotatable bonds is 0. The number of nitrogens with zero attached hydrogens (tertiary/aromatic N) is 1. The number of carbonyl (C=O) groups is 2. The Hall–Kier alpha value is -1.06. The van der Waals surface area contributed by atoms with Gasteiger partial charge < -0.3 is 9.64 Å². The molecule has 90 valence electrons. The van der Waals surface area contributed by atoms with Gasteiger partial charge in [0.05, 0.1) is 0 Å². The van der Waals surface area contributed by atoms with Crippen molar-refractivity contribution in [2.75, 3.05) is 13.1 Å². The SMILES string of the molecule is CC(C)(C)OC(=O)N1CC2CC(=O)C(C2)C1. The van der Waals surface area contributed by atoms with E-state index in [1.807, 2.05) is 20.8 Å². The number of fused-ring (bicyclic) bond motifs is 2. The summed E-state index contributed by atoms with van der Waals surface area (Å²) in [6.45, 7) is 6.79. The molecule has 2 rings (SSSR count). The summed E-state index contributed by atoms with van der Waals surface area (Å²) in [5, 5.41) is 0. The van der Waals surface area contributed by atoms with E-state index in [4.69, 9.17) is 4.74 Å². The van der Waals surface area contributed by atoms with E-state index in [1.54, 1.807) is 4.90 Å². The number of carbonyl (C=O) groups excluding carboxylic acids is 2. The van der Waals surface area contributed by atoms with E-state index in [0.717, 1.165) is 6.42 Å². The number of hydrogen-bond donors (Lipinski definition) is 0. The van der Waals surface area contributed by atoms with E-state index in [1.165, 1.54) is 0 Å². The normalized spacial score (nSPS) is 29.4. The Morgan fingerprint density at radius 1 is 1.38 bits per heavy atom. The minimum absolute atomic E-state index is 0.0614. The average molecular weight is 225 g/mol. The zero-order valence-electron chi connectivity index (χ0n) is 10.2. The third-order valence-corrected chi connectivity index (χ3v) is 3.13. The molecule has 1 saturated carbocycles. The second kappa shape index (κ2) is 3.75. The van der Waals surface area contributed by atoms with Gasteiger partial charge in [-0.1, -0.05) is 0 Å². The standard InChI is InChI=1S/C12H19NO3/c1-12(2,3)16-11(15)13-6-8-4-9(7-13)10(14)5-8/h8-9H,4-7H2,1-3H3. The average Bonchev–Trinajstić information content (AvgIpc) is 2.37. The fraction of sp³-hybridized carbons (Fsp3) is 0.833. The Labute approximate surface area is 95.9 Å². The van der Waals surface area contributed by atoms with Crippen LogP contribution in [0.3, 0.4) is 0 Å². The molecule has 4 nitrogen and oxygen atoms in total. The first-order valence-electron chi connectivity index (χ1n) is 5.86. The van der Waals surface area contributed by atoms with Crippen molar-refractivity contribution >= 4 is 11.9 Å². The van der Waals surface area contributed by atoms with Gasteiger partial charge in [-0.3, -0.25) is 4.79 Å². The highest BCUT2D eigenvalue weighted by Gasteiger charge is 2.41. The van der Waals surface area contributed by atoms with Gasteiger partial charge in [-0.15, -0.1) is 0 Å². The van der Waals surface area contributed by atoms with Crippen LogP contribution in [0.5, 0.6) is 0 Å². The van der Waals surface area contributed by atoms with Gasteiger partial charge >= 0.3 is 6.09 Å². The lowest BCUT2D eigenvalue weighted by Crippen LogP contribution is -2.44. The van der Waals surface area contributed by atoms with Crippen LogP contribution in [0.4, 0.5) is 4.79 Å². The highest BCUT2D eigenvalue weighted by Crippen LogP contribution is 2.34. The molecule has 0 aromatic carbocycles. The lowest BCUT2D eigenvalue weighted by atomic mass is 9.99. The number of ether oxygens (including phenoxy) is 1. The van der Waals surface area contributed by atoms with Gasteiger partial charge in [-0.05, 0) is 33.1 Å². The molecule has 0 spiro atoms. The first-order valence-corrected chi connectivity index (χ1v) is 5.86. The molecule has 2 aliphatic rings. The monoisotopic (exact) mass is 225 g/mol. The molecule has 1 aliphatic carbocycles. The Balaban J connectivity index is 1.97. The molecule has 2 unspecified atom stereocenters. The molecule has 16 heavy (non-hydrogen) atoms. The molecule has 2 atom stereocenters. The Morgan fingerprint density at radius 2 is 2.06 bits per heavy atom. The number of likely N-dealkylation sites (tertiary alicyclic amines) is 1. The van der Waals surface area contributed by atoms with Crippen molar-refractivity contribution < 1.29 is 14.3 Å². The second-order valence-corrected chi connectivity index (χ2v) is 5.85. The summed E-state index contributed by atoms with van der Waals surface area (Å²) in [6, 6.07) is 0. The smallest absolute Gasteiger partial charge is 0.410 e. The van der Waals surface area contributed by atoms with Gasteiger partial charge in [0.15, 0.2) is 0 Å². The number of hydrogen-bond acceptors (Lipinski definition) is 3. The Bertz CT molecular complexity index is 319. The molecule has 0 radical (unpaired) electrons. The fourth-order valence-corrected chi connectivity index (χ4v) is 2.51. The molecule has 1 amide bonds. The zero-order chi connectivity index (χ0) is 11.9. The van der Waals surface area contributed by atoms with E-state index in [9.17, 15) is 9.59 Å². The minimum atomic E-state index is -0.461. The summed E-state index contributed by atoms with van der Waals surface area (Å²) in [4.78, 5) is 25.1. The first-order chi connectivity index (χ1) is 7.35. The van der Waals surface area contributed by atoms with Gasteiger partial charge in [-0.2, -0.15) is 0 Å². The first kappa shape index (κ1) is 11.4. The molecule has 1 saturated heterocycles. The van der Waals surface area contributed by atoms with E-state index in [2.05, 4.69) is 0 Å². The molecule has 0 aromatic heterocycles. The molecule has 1 heterocycles. The molecule has 2 fully saturated rings. The van der Waals surface area contributed by atoms with Crippen molar-refractivity contribution in [2.24, 2.45) is 11.8 Å². The van der Waals surface area contributed by atoms with Crippen LogP contribution >= 0.6 is 0 Å². The summed E-state index contributed by atoms with van der Waals surface area (Å²) in [5.41, 5.74) is -0.461. The van der Waals surface area contributed by atoms with E-state index < -0.39 is 5.60 Å². The van der Waals surface area contributed by atoms with Crippen LogP contribution in [-0.2, 0) is 9.53 Å². The number of Topliss-reactive ketones (excluding diaryl/α,β-unsaturated/α-hetero) is 1. The van der Waals surface area contributed by atoms with Crippen LogP contribution < -0.4 is 0 Å². The van der Waals surface area contributed by atoms with Crippen LogP contribution in [0.2, 0.25) is 0 Å².